The minimum absolute atomic E-state index is 0.0123. The Morgan fingerprint density at radius 2 is 2.16 bits per heavy atom. The molecule has 2 rings (SSSR count). The zero-order valence-corrected chi connectivity index (χ0v) is 13.2. The van der Waals surface area contributed by atoms with Crippen LogP contribution in [0.4, 0.5) is 10.1 Å². The van der Waals surface area contributed by atoms with E-state index in [9.17, 15) is 9.18 Å². The number of nitrogens with one attached hydrogen (secondary N) is 1. The highest BCUT2D eigenvalue weighted by atomic mass is 79.9. The lowest BCUT2D eigenvalue weighted by molar-refractivity contribution is -0.117. The van der Waals surface area contributed by atoms with Crippen molar-refractivity contribution in [1.82, 2.24) is 0 Å². The molecule has 19 heavy (non-hydrogen) atoms. The molecule has 2 nitrogen and oxygen atoms in total. The van der Waals surface area contributed by atoms with Gasteiger partial charge in [0.1, 0.15) is 5.82 Å². The van der Waals surface area contributed by atoms with Gasteiger partial charge in [-0.25, -0.2) is 4.39 Å². The minimum atomic E-state index is -0.352. The number of benzene rings is 1. The van der Waals surface area contributed by atoms with Gasteiger partial charge >= 0.3 is 0 Å². The second kappa shape index (κ2) is 6.75. The van der Waals surface area contributed by atoms with Crippen LogP contribution < -0.4 is 5.32 Å². The van der Waals surface area contributed by atoms with Gasteiger partial charge in [0.05, 0.1) is 4.47 Å². The molecule has 0 atom stereocenters. The van der Waals surface area contributed by atoms with Gasteiger partial charge in [-0.05, 0) is 70.8 Å². The molecule has 0 aliphatic carbocycles. The summed E-state index contributed by atoms with van der Waals surface area (Å²) in [7, 11) is 0. The molecule has 1 aliphatic heterocycles. The second-order valence-corrected chi connectivity index (χ2v) is 6.97. The van der Waals surface area contributed by atoms with Crippen molar-refractivity contribution >= 4 is 39.3 Å². The molecular weight excluding hydrogens is 329 g/mol. The Kier molecular flexibility index (Phi) is 5.28. The standard InChI is InChI=1S/C14H17BrFNOS/c1-9-6-11(15)12(16)8-13(9)17-14(18)7-10-2-4-19-5-3-10/h6,8,10H,2-5,7H2,1H3,(H,17,18). The van der Waals surface area contributed by atoms with Crippen LogP contribution in [0.25, 0.3) is 0 Å². The Balaban J connectivity index is 1.96. The van der Waals surface area contributed by atoms with Crippen molar-refractivity contribution in [2.45, 2.75) is 26.2 Å². The van der Waals surface area contributed by atoms with Gasteiger partial charge in [0.25, 0.3) is 0 Å². The molecule has 1 saturated heterocycles. The smallest absolute Gasteiger partial charge is 0.224 e. The summed E-state index contributed by atoms with van der Waals surface area (Å²) in [5.74, 6) is 2.40. The molecule has 0 bridgehead atoms. The summed E-state index contributed by atoms with van der Waals surface area (Å²) in [6.45, 7) is 1.86. The van der Waals surface area contributed by atoms with Gasteiger partial charge < -0.3 is 5.32 Å². The van der Waals surface area contributed by atoms with E-state index in [2.05, 4.69) is 21.2 Å². The summed E-state index contributed by atoms with van der Waals surface area (Å²) in [6, 6.07) is 3.05. The zero-order chi connectivity index (χ0) is 13.8. The van der Waals surface area contributed by atoms with Gasteiger partial charge in [-0.3, -0.25) is 4.79 Å². The molecule has 0 spiro atoms. The molecule has 1 aliphatic rings. The van der Waals surface area contributed by atoms with Crippen molar-refractivity contribution in [3.8, 4) is 0 Å². The average Bonchev–Trinajstić information content (AvgIpc) is 2.37. The maximum atomic E-state index is 13.5. The van der Waals surface area contributed by atoms with E-state index >= 15 is 0 Å². The van der Waals surface area contributed by atoms with Crippen molar-refractivity contribution in [1.29, 1.82) is 0 Å². The number of thioether (sulfide) groups is 1. The largest absolute Gasteiger partial charge is 0.326 e. The van der Waals surface area contributed by atoms with Crippen molar-refractivity contribution in [2.24, 2.45) is 5.92 Å². The van der Waals surface area contributed by atoms with Gasteiger partial charge in [-0.15, -0.1) is 0 Å². The number of anilines is 1. The number of aryl methyl sites for hydroxylation is 1. The molecular formula is C14H17BrFNOS. The predicted octanol–water partition coefficient (Wildman–Crippen LogP) is 4.37. The third-order valence-electron chi connectivity index (χ3n) is 3.36. The van der Waals surface area contributed by atoms with Crippen LogP contribution in [0.15, 0.2) is 16.6 Å². The fourth-order valence-corrected chi connectivity index (χ4v) is 3.86. The van der Waals surface area contributed by atoms with Crippen LogP contribution >= 0.6 is 27.7 Å². The highest BCUT2D eigenvalue weighted by Crippen LogP contribution is 2.27. The van der Waals surface area contributed by atoms with E-state index in [0.29, 0.717) is 22.5 Å². The van der Waals surface area contributed by atoms with Crippen molar-refractivity contribution in [3.05, 3.63) is 28.0 Å². The van der Waals surface area contributed by atoms with Crippen LogP contribution in [-0.2, 0) is 4.79 Å². The number of carbonyl (C=O) groups excluding carboxylic acids is 1. The molecule has 0 unspecified atom stereocenters. The maximum absolute atomic E-state index is 13.5. The summed E-state index contributed by atoms with van der Waals surface area (Å²) in [5, 5.41) is 2.82. The lowest BCUT2D eigenvalue weighted by Gasteiger charge is -2.20. The fraction of sp³-hybridized carbons (Fsp3) is 0.500. The Morgan fingerprint density at radius 1 is 1.47 bits per heavy atom. The summed E-state index contributed by atoms with van der Waals surface area (Å²) >= 11 is 5.09. The van der Waals surface area contributed by atoms with Crippen LogP contribution in [0.2, 0.25) is 0 Å². The molecule has 1 amide bonds. The van der Waals surface area contributed by atoms with Crippen LogP contribution in [0.5, 0.6) is 0 Å². The van der Waals surface area contributed by atoms with E-state index in [1.165, 1.54) is 6.07 Å². The second-order valence-electron chi connectivity index (χ2n) is 4.89. The van der Waals surface area contributed by atoms with Gasteiger partial charge in [0, 0.05) is 12.1 Å². The molecule has 1 heterocycles. The third-order valence-corrected chi connectivity index (χ3v) is 5.01. The number of carbonyl (C=O) groups is 1. The fourth-order valence-electron chi connectivity index (χ4n) is 2.19. The topological polar surface area (TPSA) is 29.1 Å². The number of halogens is 2. The van der Waals surface area contributed by atoms with E-state index in [4.69, 9.17) is 0 Å². The molecule has 1 N–H and O–H groups in total. The molecule has 104 valence electrons. The van der Waals surface area contributed by atoms with Crippen LogP contribution in [-0.4, -0.2) is 17.4 Å². The third kappa shape index (κ3) is 4.21. The van der Waals surface area contributed by atoms with Crippen LogP contribution in [0.3, 0.4) is 0 Å². The molecule has 0 aromatic heterocycles. The summed E-state index contributed by atoms with van der Waals surface area (Å²) in [6.07, 6.45) is 2.75. The highest BCUT2D eigenvalue weighted by molar-refractivity contribution is 9.10. The van der Waals surface area contributed by atoms with Crippen molar-refractivity contribution in [3.63, 3.8) is 0 Å². The van der Waals surface area contributed by atoms with E-state index in [1.807, 2.05) is 18.7 Å². The van der Waals surface area contributed by atoms with Crippen molar-refractivity contribution in [2.75, 3.05) is 16.8 Å². The molecule has 0 radical (unpaired) electrons. The summed E-state index contributed by atoms with van der Waals surface area (Å²) in [4.78, 5) is 12.0. The molecule has 0 saturated carbocycles. The molecule has 1 fully saturated rings. The van der Waals surface area contributed by atoms with E-state index in [1.54, 1.807) is 6.07 Å². The number of rotatable bonds is 3. The first-order chi connectivity index (χ1) is 9.06. The van der Waals surface area contributed by atoms with Crippen molar-refractivity contribution < 1.29 is 9.18 Å². The lowest BCUT2D eigenvalue weighted by atomic mass is 9.98. The molecule has 1 aromatic rings. The quantitative estimate of drug-likeness (QED) is 0.881. The van der Waals surface area contributed by atoms with Gasteiger partial charge in [-0.2, -0.15) is 11.8 Å². The van der Waals surface area contributed by atoms with E-state index in [-0.39, 0.29) is 11.7 Å². The Labute approximate surface area is 125 Å². The lowest BCUT2D eigenvalue weighted by Crippen LogP contribution is -2.20. The minimum Gasteiger partial charge on any atom is -0.326 e. The summed E-state index contributed by atoms with van der Waals surface area (Å²) < 4.78 is 13.9. The zero-order valence-electron chi connectivity index (χ0n) is 10.8. The Bertz CT molecular complexity index is 475. The van der Waals surface area contributed by atoms with E-state index in [0.717, 1.165) is 29.9 Å². The van der Waals surface area contributed by atoms with Gasteiger partial charge in [0.15, 0.2) is 0 Å². The predicted molar refractivity (Wildman–Crippen MR) is 82.1 cm³/mol. The highest BCUT2D eigenvalue weighted by Gasteiger charge is 2.18. The molecule has 1 aromatic carbocycles. The van der Waals surface area contributed by atoms with Gasteiger partial charge in [-0.1, -0.05) is 0 Å². The monoisotopic (exact) mass is 345 g/mol. The normalized spacial score (nSPS) is 16.4. The SMILES string of the molecule is Cc1cc(Br)c(F)cc1NC(=O)CC1CCSCC1. The first-order valence-electron chi connectivity index (χ1n) is 6.39. The average molecular weight is 346 g/mol. The number of amides is 1. The number of hydrogen-bond acceptors (Lipinski definition) is 2. The Hall–Kier alpha value is -0.550. The molecule has 5 heteroatoms. The summed E-state index contributed by atoms with van der Waals surface area (Å²) in [5.41, 5.74) is 1.43. The number of hydrogen-bond donors (Lipinski definition) is 1. The first-order valence-corrected chi connectivity index (χ1v) is 8.34. The van der Waals surface area contributed by atoms with Crippen LogP contribution in [0, 0.1) is 18.7 Å². The van der Waals surface area contributed by atoms with Gasteiger partial charge in [0.2, 0.25) is 5.91 Å². The van der Waals surface area contributed by atoms with E-state index < -0.39 is 0 Å². The Morgan fingerprint density at radius 3 is 2.84 bits per heavy atom. The maximum Gasteiger partial charge on any atom is 0.224 e. The van der Waals surface area contributed by atoms with Crippen LogP contribution in [0.1, 0.15) is 24.8 Å². The first kappa shape index (κ1) is 14.9.